The highest BCUT2D eigenvalue weighted by Crippen LogP contribution is 2.30. The van der Waals surface area contributed by atoms with Crippen LogP contribution in [-0.2, 0) is 10.0 Å². The van der Waals surface area contributed by atoms with Crippen molar-refractivity contribution in [1.82, 2.24) is 4.72 Å². The van der Waals surface area contributed by atoms with Gasteiger partial charge in [0.15, 0.2) is 0 Å². The highest BCUT2D eigenvalue weighted by atomic mass is 79.9. The lowest BCUT2D eigenvalue weighted by Gasteiger charge is -2.15. The molecule has 0 aromatic heterocycles. The van der Waals surface area contributed by atoms with Gasteiger partial charge in [-0.1, -0.05) is 46.3 Å². The minimum Gasteiger partial charge on any atom is -0.495 e. The molecule has 2 aromatic carbocycles. The second-order valence-electron chi connectivity index (χ2n) is 5.12. The summed E-state index contributed by atoms with van der Waals surface area (Å²) in [7, 11) is -2.29. The molecule has 2 rings (SSSR count). The van der Waals surface area contributed by atoms with E-state index >= 15 is 0 Å². The van der Waals surface area contributed by atoms with Gasteiger partial charge in [0.05, 0.1) is 7.11 Å². The summed E-state index contributed by atoms with van der Waals surface area (Å²) in [5.74, 6) is 0.298. The topological polar surface area (TPSA) is 81.4 Å². The van der Waals surface area contributed by atoms with Crippen molar-refractivity contribution in [3.8, 4) is 5.75 Å². The molecule has 0 saturated heterocycles. The Morgan fingerprint density at radius 2 is 1.91 bits per heavy atom. The SMILES string of the molecule is COc1cc(C)c(Br)cc1S(=O)(=O)NCC(N)c1ccccc1. The lowest BCUT2D eigenvalue weighted by molar-refractivity contribution is 0.401. The Labute approximate surface area is 145 Å². The third kappa shape index (κ3) is 4.32. The molecule has 1 unspecified atom stereocenters. The molecule has 0 bridgehead atoms. The average molecular weight is 399 g/mol. The summed E-state index contributed by atoms with van der Waals surface area (Å²) < 4.78 is 33.5. The first-order chi connectivity index (χ1) is 10.8. The molecule has 0 aliphatic carbocycles. The molecule has 2 aromatic rings. The van der Waals surface area contributed by atoms with Gasteiger partial charge >= 0.3 is 0 Å². The summed E-state index contributed by atoms with van der Waals surface area (Å²) in [4.78, 5) is 0.0812. The Balaban J connectivity index is 2.21. The normalized spacial score (nSPS) is 12.9. The number of sulfonamides is 1. The van der Waals surface area contributed by atoms with Crippen molar-refractivity contribution in [1.29, 1.82) is 0 Å². The zero-order chi connectivity index (χ0) is 17.0. The molecular weight excluding hydrogens is 380 g/mol. The summed E-state index contributed by atoms with van der Waals surface area (Å²) in [6, 6.07) is 12.1. The van der Waals surface area contributed by atoms with Crippen LogP contribution >= 0.6 is 15.9 Å². The summed E-state index contributed by atoms with van der Waals surface area (Å²) in [5.41, 5.74) is 7.80. The third-order valence-corrected chi connectivity index (χ3v) is 5.75. The van der Waals surface area contributed by atoms with Gasteiger partial charge in [0, 0.05) is 17.1 Å². The predicted octanol–water partition coefficient (Wildman–Crippen LogP) is 2.74. The van der Waals surface area contributed by atoms with E-state index in [2.05, 4.69) is 20.7 Å². The van der Waals surface area contributed by atoms with Gasteiger partial charge in [0.1, 0.15) is 10.6 Å². The van der Waals surface area contributed by atoms with Crippen LogP contribution in [0.1, 0.15) is 17.2 Å². The molecule has 1 atom stereocenters. The minimum absolute atomic E-state index is 0.0812. The smallest absolute Gasteiger partial charge is 0.244 e. The van der Waals surface area contributed by atoms with Crippen LogP contribution < -0.4 is 15.2 Å². The Kier molecular flexibility index (Phi) is 5.80. The van der Waals surface area contributed by atoms with Gasteiger partial charge in [-0.15, -0.1) is 0 Å². The molecule has 0 aliphatic rings. The fourth-order valence-electron chi connectivity index (χ4n) is 2.10. The first kappa shape index (κ1) is 17.9. The molecule has 0 radical (unpaired) electrons. The number of rotatable bonds is 6. The second-order valence-corrected chi connectivity index (χ2v) is 7.71. The van der Waals surface area contributed by atoms with E-state index in [1.807, 2.05) is 37.3 Å². The van der Waals surface area contributed by atoms with Crippen molar-refractivity contribution < 1.29 is 13.2 Å². The van der Waals surface area contributed by atoms with Crippen molar-refractivity contribution in [2.45, 2.75) is 17.9 Å². The number of hydrogen-bond donors (Lipinski definition) is 2. The van der Waals surface area contributed by atoms with E-state index in [9.17, 15) is 8.42 Å². The first-order valence-electron chi connectivity index (χ1n) is 6.99. The van der Waals surface area contributed by atoms with E-state index in [1.54, 1.807) is 6.07 Å². The fraction of sp³-hybridized carbons (Fsp3) is 0.250. The van der Waals surface area contributed by atoms with Crippen LogP contribution in [0.2, 0.25) is 0 Å². The predicted molar refractivity (Wildman–Crippen MR) is 94.0 cm³/mol. The van der Waals surface area contributed by atoms with E-state index in [-0.39, 0.29) is 11.4 Å². The van der Waals surface area contributed by atoms with E-state index < -0.39 is 16.1 Å². The van der Waals surface area contributed by atoms with E-state index in [4.69, 9.17) is 10.5 Å². The monoisotopic (exact) mass is 398 g/mol. The standard InChI is InChI=1S/C16H19BrN2O3S/c1-11-8-15(22-2)16(9-13(11)17)23(20,21)19-10-14(18)12-6-4-3-5-7-12/h3-9,14,19H,10,18H2,1-2H3. The van der Waals surface area contributed by atoms with Crippen LogP contribution in [0.4, 0.5) is 0 Å². The van der Waals surface area contributed by atoms with Gasteiger partial charge in [-0.2, -0.15) is 0 Å². The molecule has 0 saturated carbocycles. The fourth-order valence-corrected chi connectivity index (χ4v) is 3.83. The molecule has 5 nitrogen and oxygen atoms in total. The maximum atomic E-state index is 12.5. The second kappa shape index (κ2) is 7.44. The Bertz CT molecular complexity index is 779. The number of hydrogen-bond acceptors (Lipinski definition) is 4. The minimum atomic E-state index is -3.73. The van der Waals surface area contributed by atoms with Crippen LogP contribution in [0.15, 0.2) is 51.8 Å². The molecule has 3 N–H and O–H groups in total. The largest absolute Gasteiger partial charge is 0.495 e. The molecular formula is C16H19BrN2O3S. The van der Waals surface area contributed by atoms with Crippen LogP contribution in [0.3, 0.4) is 0 Å². The van der Waals surface area contributed by atoms with Crippen LogP contribution in [0.25, 0.3) is 0 Å². The van der Waals surface area contributed by atoms with Gasteiger partial charge in [-0.25, -0.2) is 13.1 Å². The molecule has 23 heavy (non-hydrogen) atoms. The van der Waals surface area contributed by atoms with Crippen molar-refractivity contribution in [2.75, 3.05) is 13.7 Å². The third-order valence-electron chi connectivity index (χ3n) is 3.46. The zero-order valence-corrected chi connectivity index (χ0v) is 15.3. The molecule has 7 heteroatoms. The lowest BCUT2D eigenvalue weighted by Crippen LogP contribution is -2.32. The first-order valence-corrected chi connectivity index (χ1v) is 9.27. The number of benzene rings is 2. The maximum Gasteiger partial charge on any atom is 0.244 e. The average Bonchev–Trinajstić information content (AvgIpc) is 2.55. The summed E-state index contributed by atoms with van der Waals surface area (Å²) in [5, 5.41) is 0. The van der Waals surface area contributed by atoms with E-state index in [0.29, 0.717) is 10.2 Å². The van der Waals surface area contributed by atoms with Crippen molar-refractivity contribution in [2.24, 2.45) is 5.73 Å². The van der Waals surface area contributed by atoms with Crippen molar-refractivity contribution in [3.05, 3.63) is 58.1 Å². The molecule has 0 spiro atoms. The van der Waals surface area contributed by atoms with E-state index in [0.717, 1.165) is 11.1 Å². The van der Waals surface area contributed by atoms with E-state index in [1.165, 1.54) is 13.2 Å². The van der Waals surface area contributed by atoms with Gasteiger partial charge in [0.25, 0.3) is 0 Å². The van der Waals surface area contributed by atoms with Crippen molar-refractivity contribution >= 4 is 26.0 Å². The lowest BCUT2D eigenvalue weighted by atomic mass is 10.1. The summed E-state index contributed by atoms with van der Waals surface area (Å²) >= 11 is 3.35. The Hall–Kier alpha value is -1.41. The number of aryl methyl sites for hydroxylation is 1. The van der Waals surface area contributed by atoms with Gasteiger partial charge < -0.3 is 10.5 Å². The molecule has 124 valence electrons. The van der Waals surface area contributed by atoms with Gasteiger partial charge in [-0.05, 0) is 30.2 Å². The molecule has 0 fully saturated rings. The maximum absolute atomic E-state index is 12.5. The summed E-state index contributed by atoms with van der Waals surface area (Å²) in [6.07, 6.45) is 0. The molecule has 0 aliphatic heterocycles. The number of nitrogens with one attached hydrogen (secondary N) is 1. The molecule has 0 amide bonds. The van der Waals surface area contributed by atoms with Gasteiger partial charge in [0.2, 0.25) is 10.0 Å². The number of nitrogens with two attached hydrogens (primary N) is 1. The summed E-state index contributed by atoms with van der Waals surface area (Å²) in [6.45, 7) is 1.96. The highest BCUT2D eigenvalue weighted by molar-refractivity contribution is 9.10. The van der Waals surface area contributed by atoms with Crippen molar-refractivity contribution in [3.63, 3.8) is 0 Å². The van der Waals surface area contributed by atoms with Crippen LogP contribution in [0.5, 0.6) is 5.75 Å². The highest BCUT2D eigenvalue weighted by Gasteiger charge is 2.21. The Morgan fingerprint density at radius 3 is 2.52 bits per heavy atom. The number of ether oxygens (including phenoxy) is 1. The zero-order valence-electron chi connectivity index (χ0n) is 12.9. The number of halogens is 1. The number of methoxy groups -OCH3 is 1. The van der Waals surface area contributed by atoms with Crippen LogP contribution in [-0.4, -0.2) is 22.1 Å². The van der Waals surface area contributed by atoms with Crippen LogP contribution in [0, 0.1) is 6.92 Å². The molecule has 0 heterocycles. The van der Waals surface area contributed by atoms with Gasteiger partial charge in [-0.3, -0.25) is 0 Å². The quantitative estimate of drug-likeness (QED) is 0.783. The Morgan fingerprint density at radius 1 is 1.26 bits per heavy atom.